The fraction of sp³-hybridized carbons (Fsp3) is 0.917. The molecular formula is C12H28IN3O. The van der Waals surface area contributed by atoms with E-state index in [2.05, 4.69) is 29.5 Å². The smallest absolute Gasteiger partial charge is 0.191 e. The largest absolute Gasteiger partial charge is 0.380 e. The van der Waals surface area contributed by atoms with Gasteiger partial charge in [-0.2, -0.15) is 0 Å². The predicted molar refractivity (Wildman–Crippen MR) is 85.3 cm³/mol. The minimum Gasteiger partial charge on any atom is -0.380 e. The molecule has 0 radical (unpaired) electrons. The van der Waals surface area contributed by atoms with Gasteiger partial charge >= 0.3 is 0 Å². The molecule has 0 fully saturated rings. The van der Waals surface area contributed by atoms with Gasteiger partial charge < -0.3 is 15.4 Å². The van der Waals surface area contributed by atoms with Crippen molar-refractivity contribution in [1.82, 2.24) is 10.6 Å². The molecule has 0 saturated carbocycles. The molecule has 0 aliphatic rings. The van der Waals surface area contributed by atoms with Gasteiger partial charge in [-0.05, 0) is 12.8 Å². The Kier molecular flexibility index (Phi) is 15.9. The molecule has 0 aromatic rings. The summed E-state index contributed by atoms with van der Waals surface area (Å²) in [6, 6.07) is 0. The number of hydrogen-bond donors (Lipinski definition) is 2. The van der Waals surface area contributed by atoms with Gasteiger partial charge in [0.1, 0.15) is 0 Å². The second kappa shape index (κ2) is 14.0. The van der Waals surface area contributed by atoms with Crippen molar-refractivity contribution in [3.05, 3.63) is 0 Å². The Morgan fingerprint density at radius 3 is 2.29 bits per heavy atom. The average Bonchev–Trinajstić information content (AvgIpc) is 2.33. The number of ether oxygens (including phenoxy) is 1. The van der Waals surface area contributed by atoms with Crippen LogP contribution in [0.1, 0.15) is 33.6 Å². The maximum atomic E-state index is 5.25. The molecule has 0 aliphatic heterocycles. The topological polar surface area (TPSA) is 45.6 Å². The first kappa shape index (κ1) is 19.3. The van der Waals surface area contributed by atoms with E-state index in [9.17, 15) is 0 Å². The summed E-state index contributed by atoms with van der Waals surface area (Å²) in [5.41, 5.74) is 0. The van der Waals surface area contributed by atoms with Gasteiger partial charge in [0.2, 0.25) is 0 Å². The van der Waals surface area contributed by atoms with Crippen LogP contribution in [0.15, 0.2) is 4.99 Å². The molecule has 0 unspecified atom stereocenters. The summed E-state index contributed by atoms with van der Waals surface area (Å²) in [6.07, 6.45) is 2.42. The number of nitrogens with one attached hydrogen (secondary N) is 2. The molecule has 0 atom stereocenters. The Morgan fingerprint density at radius 2 is 1.82 bits per heavy atom. The minimum absolute atomic E-state index is 0. The molecule has 5 heteroatoms. The van der Waals surface area contributed by atoms with Gasteiger partial charge in [-0.25, -0.2) is 0 Å². The number of hydrogen-bond acceptors (Lipinski definition) is 2. The maximum absolute atomic E-state index is 5.25. The van der Waals surface area contributed by atoms with Crippen LogP contribution in [0.4, 0.5) is 0 Å². The van der Waals surface area contributed by atoms with E-state index in [4.69, 9.17) is 4.74 Å². The molecule has 2 N–H and O–H groups in total. The van der Waals surface area contributed by atoms with Gasteiger partial charge in [-0.15, -0.1) is 24.0 Å². The molecule has 0 spiro atoms. The van der Waals surface area contributed by atoms with Crippen molar-refractivity contribution in [3.63, 3.8) is 0 Å². The lowest BCUT2D eigenvalue weighted by atomic mass is 10.0. The quantitative estimate of drug-likeness (QED) is 0.303. The highest BCUT2D eigenvalue weighted by molar-refractivity contribution is 14.0. The predicted octanol–water partition coefficient (Wildman–Crippen LogP) is 2.24. The summed E-state index contributed by atoms with van der Waals surface area (Å²) in [5.74, 6) is 1.59. The van der Waals surface area contributed by atoms with E-state index in [1.54, 1.807) is 7.05 Å². The van der Waals surface area contributed by atoms with Gasteiger partial charge in [0.25, 0.3) is 0 Å². The summed E-state index contributed by atoms with van der Waals surface area (Å²) in [6.45, 7) is 9.73. The van der Waals surface area contributed by atoms with Crippen LogP contribution in [-0.2, 0) is 4.74 Å². The third-order valence-corrected chi connectivity index (χ3v) is 2.68. The fourth-order valence-corrected chi connectivity index (χ4v) is 1.42. The molecule has 0 bridgehead atoms. The zero-order valence-electron chi connectivity index (χ0n) is 11.6. The highest BCUT2D eigenvalue weighted by Crippen LogP contribution is 2.04. The van der Waals surface area contributed by atoms with Crippen molar-refractivity contribution >= 4 is 29.9 Å². The maximum Gasteiger partial charge on any atom is 0.191 e. The third kappa shape index (κ3) is 10.8. The number of aliphatic imine (C=N–C) groups is 1. The zero-order chi connectivity index (χ0) is 12.2. The summed E-state index contributed by atoms with van der Waals surface area (Å²) >= 11 is 0. The van der Waals surface area contributed by atoms with Crippen molar-refractivity contribution in [3.8, 4) is 0 Å². The Bertz CT molecular complexity index is 185. The molecule has 0 aliphatic carbocycles. The Morgan fingerprint density at radius 1 is 1.18 bits per heavy atom. The Hall–Kier alpha value is -0.0400. The van der Waals surface area contributed by atoms with E-state index >= 15 is 0 Å². The molecule has 104 valence electrons. The molecule has 0 aromatic carbocycles. The number of guanidine groups is 1. The van der Waals surface area contributed by atoms with Crippen LogP contribution in [0.5, 0.6) is 0 Å². The Balaban J connectivity index is 0. The lowest BCUT2D eigenvalue weighted by Crippen LogP contribution is -2.41. The van der Waals surface area contributed by atoms with E-state index in [1.807, 2.05) is 6.92 Å². The van der Waals surface area contributed by atoms with Crippen molar-refractivity contribution in [2.45, 2.75) is 33.6 Å². The van der Waals surface area contributed by atoms with Crippen LogP contribution in [0.2, 0.25) is 0 Å². The first-order valence-corrected chi connectivity index (χ1v) is 6.30. The molecular weight excluding hydrogens is 329 g/mol. The van der Waals surface area contributed by atoms with E-state index in [-0.39, 0.29) is 24.0 Å². The van der Waals surface area contributed by atoms with E-state index in [0.29, 0.717) is 0 Å². The first-order valence-electron chi connectivity index (χ1n) is 6.30. The van der Waals surface area contributed by atoms with E-state index in [1.165, 1.54) is 12.8 Å². The highest BCUT2D eigenvalue weighted by atomic mass is 127. The number of halogens is 1. The zero-order valence-corrected chi connectivity index (χ0v) is 13.9. The van der Waals surface area contributed by atoms with Gasteiger partial charge in [-0.3, -0.25) is 4.99 Å². The fourth-order valence-electron chi connectivity index (χ4n) is 1.42. The van der Waals surface area contributed by atoms with E-state index in [0.717, 1.165) is 38.2 Å². The van der Waals surface area contributed by atoms with E-state index < -0.39 is 0 Å². The summed E-state index contributed by atoms with van der Waals surface area (Å²) in [4.78, 5) is 4.17. The summed E-state index contributed by atoms with van der Waals surface area (Å²) < 4.78 is 5.25. The molecule has 0 saturated heterocycles. The van der Waals surface area contributed by atoms with Crippen molar-refractivity contribution < 1.29 is 4.74 Å². The highest BCUT2D eigenvalue weighted by Gasteiger charge is 2.04. The van der Waals surface area contributed by atoms with Crippen LogP contribution in [0.25, 0.3) is 0 Å². The van der Waals surface area contributed by atoms with Crippen LogP contribution in [0.3, 0.4) is 0 Å². The van der Waals surface area contributed by atoms with Gasteiger partial charge in [0, 0.05) is 26.7 Å². The van der Waals surface area contributed by atoms with Crippen LogP contribution >= 0.6 is 24.0 Å². The van der Waals surface area contributed by atoms with Crippen LogP contribution in [-0.4, -0.2) is 39.3 Å². The minimum atomic E-state index is 0. The standard InChI is InChI=1S/C12H27N3O.HI/c1-5-11(6-2)10-15-12(13-4)14-8-9-16-7-3;/h11H,5-10H2,1-4H3,(H2,13,14,15);1H. The second-order valence-electron chi connectivity index (χ2n) is 3.76. The van der Waals surface area contributed by atoms with Gasteiger partial charge in [0.15, 0.2) is 5.96 Å². The normalized spacial score (nSPS) is 11.2. The number of nitrogens with zero attached hydrogens (tertiary/aromatic N) is 1. The van der Waals surface area contributed by atoms with Crippen molar-refractivity contribution in [1.29, 1.82) is 0 Å². The first-order chi connectivity index (χ1) is 7.78. The molecule has 4 nitrogen and oxygen atoms in total. The molecule has 0 heterocycles. The van der Waals surface area contributed by atoms with Crippen molar-refractivity contribution in [2.24, 2.45) is 10.9 Å². The molecule has 0 aromatic heterocycles. The monoisotopic (exact) mass is 357 g/mol. The SMILES string of the molecule is CCOCCNC(=NC)NCC(CC)CC.I. The Labute approximate surface area is 123 Å². The lowest BCUT2D eigenvalue weighted by Gasteiger charge is -2.16. The molecule has 0 amide bonds. The number of rotatable bonds is 8. The average molecular weight is 357 g/mol. The van der Waals surface area contributed by atoms with Crippen LogP contribution in [0, 0.1) is 5.92 Å². The second-order valence-corrected chi connectivity index (χ2v) is 3.76. The molecule has 0 rings (SSSR count). The van der Waals surface area contributed by atoms with Crippen LogP contribution < -0.4 is 10.6 Å². The lowest BCUT2D eigenvalue weighted by molar-refractivity contribution is 0.152. The molecule has 17 heavy (non-hydrogen) atoms. The van der Waals surface area contributed by atoms with Crippen molar-refractivity contribution in [2.75, 3.05) is 33.4 Å². The van der Waals surface area contributed by atoms with Gasteiger partial charge in [0.05, 0.1) is 6.61 Å². The summed E-state index contributed by atoms with van der Waals surface area (Å²) in [5, 5.41) is 6.55. The third-order valence-electron chi connectivity index (χ3n) is 2.68. The summed E-state index contributed by atoms with van der Waals surface area (Å²) in [7, 11) is 1.79. The van der Waals surface area contributed by atoms with Gasteiger partial charge in [-0.1, -0.05) is 26.7 Å².